The Kier molecular flexibility index (Phi) is 4.66. The van der Waals surface area contributed by atoms with E-state index >= 15 is 0 Å². The second kappa shape index (κ2) is 6.25. The normalized spacial score (nSPS) is 18.3. The number of alkyl halides is 1. The molecule has 1 aliphatic rings. The summed E-state index contributed by atoms with van der Waals surface area (Å²) in [5.41, 5.74) is -0.217. The van der Waals surface area contributed by atoms with Crippen LogP contribution >= 0.6 is 0 Å². The van der Waals surface area contributed by atoms with Crippen LogP contribution in [0, 0.1) is 11.6 Å². The molecule has 0 saturated carbocycles. The monoisotopic (exact) mass is 274 g/mol. The van der Waals surface area contributed by atoms with E-state index in [-0.39, 0.29) is 11.3 Å². The number of nitrogens with one attached hydrogen (secondary N) is 1. The standard InChI is InChI=1S/C13H17F3N2O/c1-19-9-6-10(15)13(11(16)7-9)12(8-14)18-4-2-17-3-5-18/h6-7,12,17H,2-5,8H2,1H3/t12-/m0/s1. The molecule has 1 atom stereocenters. The van der Waals surface area contributed by atoms with E-state index in [1.807, 2.05) is 0 Å². The van der Waals surface area contributed by atoms with Gasteiger partial charge in [0, 0.05) is 43.9 Å². The van der Waals surface area contributed by atoms with Gasteiger partial charge in [0.2, 0.25) is 0 Å². The fraction of sp³-hybridized carbons (Fsp3) is 0.538. The van der Waals surface area contributed by atoms with Crippen molar-refractivity contribution in [3.8, 4) is 5.75 Å². The second-order valence-corrected chi connectivity index (χ2v) is 4.46. The third-order valence-corrected chi connectivity index (χ3v) is 3.36. The largest absolute Gasteiger partial charge is 0.497 e. The van der Waals surface area contributed by atoms with E-state index in [0.29, 0.717) is 26.2 Å². The van der Waals surface area contributed by atoms with Crippen molar-refractivity contribution in [1.82, 2.24) is 10.2 Å². The lowest BCUT2D eigenvalue weighted by Gasteiger charge is -2.33. The molecule has 1 fully saturated rings. The molecule has 0 bridgehead atoms. The van der Waals surface area contributed by atoms with Crippen LogP contribution in [0.15, 0.2) is 12.1 Å². The summed E-state index contributed by atoms with van der Waals surface area (Å²) >= 11 is 0. The lowest BCUT2D eigenvalue weighted by Crippen LogP contribution is -2.46. The van der Waals surface area contributed by atoms with Crippen molar-refractivity contribution in [1.29, 1.82) is 0 Å². The fourth-order valence-corrected chi connectivity index (χ4v) is 2.35. The summed E-state index contributed by atoms with van der Waals surface area (Å²) in [6.07, 6.45) is 0. The first-order chi connectivity index (χ1) is 9.17. The van der Waals surface area contributed by atoms with Crippen LogP contribution in [0.1, 0.15) is 11.6 Å². The Balaban J connectivity index is 2.31. The van der Waals surface area contributed by atoms with Crippen LogP contribution in [0.25, 0.3) is 0 Å². The van der Waals surface area contributed by atoms with Crippen LogP contribution in [-0.4, -0.2) is 44.9 Å². The van der Waals surface area contributed by atoms with Gasteiger partial charge < -0.3 is 10.1 Å². The Morgan fingerprint density at radius 2 is 1.84 bits per heavy atom. The summed E-state index contributed by atoms with van der Waals surface area (Å²) < 4.78 is 46.0. The molecule has 1 saturated heterocycles. The van der Waals surface area contributed by atoms with E-state index in [9.17, 15) is 13.2 Å². The average molecular weight is 274 g/mol. The van der Waals surface area contributed by atoms with Gasteiger partial charge in [0.1, 0.15) is 24.1 Å². The summed E-state index contributed by atoms with van der Waals surface area (Å²) in [5, 5.41) is 3.12. The van der Waals surface area contributed by atoms with Crippen LogP contribution in [0.3, 0.4) is 0 Å². The van der Waals surface area contributed by atoms with Gasteiger partial charge in [-0.15, -0.1) is 0 Å². The molecule has 1 aliphatic heterocycles. The van der Waals surface area contributed by atoms with Crippen molar-refractivity contribution >= 4 is 0 Å². The van der Waals surface area contributed by atoms with Crippen LogP contribution in [-0.2, 0) is 0 Å². The second-order valence-electron chi connectivity index (χ2n) is 4.46. The highest BCUT2D eigenvalue weighted by Crippen LogP contribution is 2.30. The molecule has 19 heavy (non-hydrogen) atoms. The predicted octanol–water partition coefficient (Wildman–Crippen LogP) is 1.89. The van der Waals surface area contributed by atoms with Gasteiger partial charge in [-0.25, -0.2) is 13.2 Å². The average Bonchev–Trinajstić information content (AvgIpc) is 2.43. The number of hydrogen-bond acceptors (Lipinski definition) is 3. The number of rotatable bonds is 4. The van der Waals surface area contributed by atoms with Gasteiger partial charge in [-0.3, -0.25) is 4.90 Å². The number of hydrogen-bond donors (Lipinski definition) is 1. The highest BCUT2D eigenvalue weighted by Gasteiger charge is 2.28. The molecular weight excluding hydrogens is 257 g/mol. The number of methoxy groups -OCH3 is 1. The summed E-state index contributed by atoms with van der Waals surface area (Å²) in [5.74, 6) is -1.44. The zero-order chi connectivity index (χ0) is 13.8. The van der Waals surface area contributed by atoms with Crippen LogP contribution < -0.4 is 10.1 Å². The minimum atomic E-state index is -0.881. The maximum absolute atomic E-state index is 14.0. The molecule has 1 N–H and O–H groups in total. The van der Waals surface area contributed by atoms with E-state index < -0.39 is 24.4 Å². The van der Waals surface area contributed by atoms with Crippen LogP contribution in [0.2, 0.25) is 0 Å². The maximum Gasteiger partial charge on any atom is 0.134 e. The first-order valence-electron chi connectivity index (χ1n) is 6.21. The molecule has 0 unspecified atom stereocenters. The van der Waals surface area contributed by atoms with Crippen molar-refractivity contribution in [2.75, 3.05) is 40.0 Å². The number of nitrogens with zero attached hydrogens (tertiary/aromatic N) is 1. The number of halogens is 3. The summed E-state index contributed by atoms with van der Waals surface area (Å²) in [4.78, 5) is 1.75. The summed E-state index contributed by atoms with van der Waals surface area (Å²) in [6, 6.07) is 1.29. The van der Waals surface area contributed by atoms with E-state index in [0.717, 1.165) is 12.1 Å². The number of benzene rings is 1. The molecule has 0 radical (unpaired) electrons. The molecule has 1 aromatic carbocycles. The van der Waals surface area contributed by atoms with Crippen molar-refractivity contribution in [3.05, 3.63) is 29.3 Å². The highest BCUT2D eigenvalue weighted by molar-refractivity contribution is 5.32. The smallest absolute Gasteiger partial charge is 0.134 e. The Hall–Kier alpha value is -1.27. The zero-order valence-corrected chi connectivity index (χ0v) is 10.8. The summed E-state index contributed by atoms with van der Waals surface area (Å²) in [6.45, 7) is 1.70. The zero-order valence-electron chi connectivity index (χ0n) is 10.8. The lowest BCUT2D eigenvalue weighted by atomic mass is 10.0. The molecular formula is C13H17F3N2O. The minimum absolute atomic E-state index is 0.0941. The van der Waals surface area contributed by atoms with Crippen molar-refractivity contribution in [2.45, 2.75) is 6.04 Å². The highest BCUT2D eigenvalue weighted by atomic mass is 19.1. The third-order valence-electron chi connectivity index (χ3n) is 3.36. The van der Waals surface area contributed by atoms with Crippen LogP contribution in [0.5, 0.6) is 5.75 Å². The van der Waals surface area contributed by atoms with E-state index in [2.05, 4.69) is 5.32 Å². The van der Waals surface area contributed by atoms with Crippen LogP contribution in [0.4, 0.5) is 13.2 Å². The number of ether oxygens (including phenoxy) is 1. The molecule has 1 heterocycles. The lowest BCUT2D eigenvalue weighted by molar-refractivity contribution is 0.141. The Morgan fingerprint density at radius 3 is 2.32 bits per heavy atom. The topological polar surface area (TPSA) is 24.5 Å². The van der Waals surface area contributed by atoms with E-state index in [4.69, 9.17) is 4.74 Å². The van der Waals surface area contributed by atoms with Gasteiger partial charge >= 0.3 is 0 Å². The van der Waals surface area contributed by atoms with Gasteiger partial charge in [-0.2, -0.15) is 0 Å². The fourth-order valence-electron chi connectivity index (χ4n) is 2.35. The predicted molar refractivity (Wildman–Crippen MR) is 66.1 cm³/mol. The first kappa shape index (κ1) is 14.1. The minimum Gasteiger partial charge on any atom is -0.497 e. The third kappa shape index (κ3) is 3.01. The van der Waals surface area contributed by atoms with Gasteiger partial charge in [-0.05, 0) is 0 Å². The first-order valence-corrected chi connectivity index (χ1v) is 6.21. The van der Waals surface area contributed by atoms with Gasteiger partial charge in [0.25, 0.3) is 0 Å². The Bertz CT molecular complexity index is 413. The quantitative estimate of drug-likeness (QED) is 0.907. The van der Waals surface area contributed by atoms with Crippen molar-refractivity contribution in [2.24, 2.45) is 0 Å². The molecule has 0 aromatic heterocycles. The van der Waals surface area contributed by atoms with Gasteiger partial charge in [0.15, 0.2) is 0 Å². The molecule has 0 spiro atoms. The Morgan fingerprint density at radius 1 is 1.26 bits per heavy atom. The molecule has 2 rings (SSSR count). The van der Waals surface area contributed by atoms with Crippen molar-refractivity contribution in [3.63, 3.8) is 0 Å². The molecule has 6 heteroatoms. The molecule has 106 valence electrons. The Labute approximate surface area is 110 Å². The van der Waals surface area contributed by atoms with Gasteiger partial charge in [0.05, 0.1) is 13.2 Å². The molecule has 1 aromatic rings. The van der Waals surface area contributed by atoms with E-state index in [1.165, 1.54) is 7.11 Å². The van der Waals surface area contributed by atoms with E-state index in [1.54, 1.807) is 4.90 Å². The van der Waals surface area contributed by atoms with Gasteiger partial charge in [-0.1, -0.05) is 0 Å². The summed E-state index contributed by atoms with van der Waals surface area (Å²) in [7, 11) is 1.33. The SMILES string of the molecule is COc1cc(F)c([C@H](CF)N2CCNCC2)c(F)c1. The number of piperazine rings is 1. The van der Waals surface area contributed by atoms with Crippen molar-refractivity contribution < 1.29 is 17.9 Å². The molecule has 3 nitrogen and oxygen atoms in total. The molecule has 0 amide bonds. The molecule has 0 aliphatic carbocycles. The maximum atomic E-state index is 14.0.